The zero-order chi connectivity index (χ0) is 13.8. The molecule has 0 radical (unpaired) electrons. The zero-order valence-corrected chi connectivity index (χ0v) is 11.2. The Hall–Kier alpha value is -2.69. The Morgan fingerprint density at radius 1 is 1.05 bits per heavy atom. The van der Waals surface area contributed by atoms with E-state index in [-0.39, 0.29) is 0 Å². The number of benzene rings is 1. The molecule has 0 aliphatic rings. The van der Waals surface area contributed by atoms with Gasteiger partial charge in [0.1, 0.15) is 5.82 Å². The van der Waals surface area contributed by atoms with Gasteiger partial charge in [-0.2, -0.15) is 10.2 Å². The van der Waals surface area contributed by atoms with E-state index in [1.165, 1.54) is 10.4 Å². The number of nitrogens with zero attached hydrogens (tertiary/aromatic N) is 4. The van der Waals surface area contributed by atoms with E-state index < -0.39 is 0 Å². The Kier molecular flexibility index (Phi) is 3.41. The van der Waals surface area contributed by atoms with Crippen LogP contribution >= 0.6 is 0 Å². The number of hydrogen-bond acceptors (Lipinski definition) is 4. The summed E-state index contributed by atoms with van der Waals surface area (Å²) in [5.41, 5.74) is 2.33. The van der Waals surface area contributed by atoms with Crippen LogP contribution in [0.5, 0.6) is 0 Å². The molecule has 1 aromatic carbocycles. The van der Waals surface area contributed by atoms with E-state index in [4.69, 9.17) is 0 Å². The largest absolute Gasteiger partial charge is 0.366 e. The highest BCUT2D eigenvalue weighted by molar-refractivity contribution is 5.43. The Morgan fingerprint density at radius 3 is 2.55 bits per heavy atom. The molecule has 0 aliphatic carbocycles. The number of pyridine rings is 1. The first-order valence-corrected chi connectivity index (χ1v) is 6.44. The maximum absolute atomic E-state index is 4.52. The third-order valence-corrected chi connectivity index (χ3v) is 2.90. The molecule has 100 valence electrons. The normalized spacial score (nSPS) is 10.4. The van der Waals surface area contributed by atoms with Crippen molar-refractivity contribution in [2.45, 2.75) is 13.5 Å². The van der Waals surface area contributed by atoms with Crippen molar-refractivity contribution in [2.24, 2.45) is 0 Å². The van der Waals surface area contributed by atoms with Crippen molar-refractivity contribution in [2.75, 3.05) is 5.32 Å². The first-order chi connectivity index (χ1) is 9.81. The van der Waals surface area contributed by atoms with Gasteiger partial charge in [0.2, 0.25) is 0 Å². The van der Waals surface area contributed by atoms with Gasteiger partial charge in [0, 0.05) is 6.54 Å². The second-order valence-corrected chi connectivity index (χ2v) is 4.55. The zero-order valence-electron chi connectivity index (χ0n) is 11.2. The monoisotopic (exact) mass is 265 g/mol. The van der Waals surface area contributed by atoms with Crippen LogP contribution in [0.4, 0.5) is 5.82 Å². The van der Waals surface area contributed by atoms with Gasteiger partial charge in [-0.1, -0.05) is 30.3 Å². The SMILES string of the molecule is Cc1cc(NCc2ccccc2)nc(-n2nccn2)c1. The first-order valence-electron chi connectivity index (χ1n) is 6.44. The van der Waals surface area contributed by atoms with E-state index in [9.17, 15) is 0 Å². The molecule has 0 bridgehead atoms. The Morgan fingerprint density at radius 2 is 1.80 bits per heavy atom. The molecule has 1 N–H and O–H groups in total. The van der Waals surface area contributed by atoms with Gasteiger partial charge >= 0.3 is 0 Å². The summed E-state index contributed by atoms with van der Waals surface area (Å²) in [5, 5.41) is 11.5. The van der Waals surface area contributed by atoms with E-state index in [2.05, 4.69) is 32.6 Å². The third kappa shape index (κ3) is 2.83. The van der Waals surface area contributed by atoms with Crippen LogP contribution in [0.25, 0.3) is 5.82 Å². The van der Waals surface area contributed by atoms with Crippen LogP contribution in [0.1, 0.15) is 11.1 Å². The van der Waals surface area contributed by atoms with Gasteiger partial charge in [0.25, 0.3) is 0 Å². The van der Waals surface area contributed by atoms with Crippen LogP contribution in [0.15, 0.2) is 54.9 Å². The molecule has 0 amide bonds. The molecular formula is C15H15N5. The molecule has 0 aliphatic heterocycles. The van der Waals surface area contributed by atoms with Crippen LogP contribution < -0.4 is 5.32 Å². The molecule has 2 aromatic heterocycles. The summed E-state index contributed by atoms with van der Waals surface area (Å²) >= 11 is 0. The molecule has 0 saturated carbocycles. The molecule has 5 nitrogen and oxygen atoms in total. The predicted molar refractivity (Wildman–Crippen MR) is 77.7 cm³/mol. The summed E-state index contributed by atoms with van der Waals surface area (Å²) in [7, 11) is 0. The summed E-state index contributed by atoms with van der Waals surface area (Å²) in [6.07, 6.45) is 3.28. The highest BCUT2D eigenvalue weighted by Gasteiger charge is 2.03. The standard InChI is InChI=1S/C15H15N5/c1-12-9-14(16-11-13-5-3-2-4-6-13)19-15(10-12)20-17-7-8-18-20/h2-10H,11H2,1H3,(H,16,19). The van der Waals surface area contributed by atoms with Crippen LogP contribution in [-0.4, -0.2) is 20.0 Å². The van der Waals surface area contributed by atoms with E-state index in [0.29, 0.717) is 5.82 Å². The number of nitrogens with one attached hydrogen (secondary N) is 1. The van der Waals surface area contributed by atoms with Crippen molar-refractivity contribution in [3.63, 3.8) is 0 Å². The van der Waals surface area contributed by atoms with E-state index in [1.807, 2.05) is 37.3 Å². The van der Waals surface area contributed by atoms with E-state index in [0.717, 1.165) is 17.9 Å². The van der Waals surface area contributed by atoms with Crippen molar-refractivity contribution >= 4 is 5.82 Å². The molecule has 0 saturated heterocycles. The number of aromatic nitrogens is 4. The van der Waals surface area contributed by atoms with Crippen molar-refractivity contribution in [3.8, 4) is 5.82 Å². The number of anilines is 1. The first kappa shape index (κ1) is 12.3. The lowest BCUT2D eigenvalue weighted by Gasteiger charge is -2.08. The number of hydrogen-bond donors (Lipinski definition) is 1. The molecule has 0 spiro atoms. The molecule has 2 heterocycles. The molecule has 5 heteroatoms. The smallest absolute Gasteiger partial charge is 0.176 e. The predicted octanol–water partition coefficient (Wildman–Crippen LogP) is 2.58. The second kappa shape index (κ2) is 5.52. The average Bonchev–Trinajstić information content (AvgIpc) is 3.00. The average molecular weight is 265 g/mol. The molecule has 3 rings (SSSR count). The minimum Gasteiger partial charge on any atom is -0.366 e. The molecule has 3 aromatic rings. The highest BCUT2D eigenvalue weighted by Crippen LogP contribution is 2.13. The van der Waals surface area contributed by atoms with Gasteiger partial charge in [0.15, 0.2) is 5.82 Å². The lowest BCUT2D eigenvalue weighted by molar-refractivity contribution is 0.728. The minimum atomic E-state index is 0.713. The quantitative estimate of drug-likeness (QED) is 0.787. The van der Waals surface area contributed by atoms with Gasteiger partial charge in [-0.05, 0) is 30.2 Å². The maximum Gasteiger partial charge on any atom is 0.176 e. The van der Waals surface area contributed by atoms with Gasteiger partial charge in [-0.15, -0.1) is 4.80 Å². The Bertz CT molecular complexity index is 677. The molecule has 0 fully saturated rings. The van der Waals surface area contributed by atoms with Gasteiger partial charge in [0.05, 0.1) is 12.4 Å². The highest BCUT2D eigenvalue weighted by atomic mass is 15.5. The van der Waals surface area contributed by atoms with Crippen LogP contribution in [0, 0.1) is 6.92 Å². The van der Waals surface area contributed by atoms with Crippen molar-refractivity contribution in [1.82, 2.24) is 20.0 Å². The van der Waals surface area contributed by atoms with Crippen molar-refractivity contribution in [1.29, 1.82) is 0 Å². The fourth-order valence-corrected chi connectivity index (χ4v) is 1.96. The molecule has 20 heavy (non-hydrogen) atoms. The number of rotatable bonds is 4. The summed E-state index contributed by atoms with van der Waals surface area (Å²) in [6, 6.07) is 14.2. The van der Waals surface area contributed by atoms with E-state index in [1.54, 1.807) is 12.4 Å². The van der Waals surface area contributed by atoms with Gasteiger partial charge in [-0.3, -0.25) is 0 Å². The maximum atomic E-state index is 4.52. The topological polar surface area (TPSA) is 55.6 Å². The molecular weight excluding hydrogens is 250 g/mol. The summed E-state index contributed by atoms with van der Waals surface area (Å²) in [6.45, 7) is 2.77. The Labute approximate surface area is 117 Å². The van der Waals surface area contributed by atoms with E-state index >= 15 is 0 Å². The minimum absolute atomic E-state index is 0.713. The van der Waals surface area contributed by atoms with Crippen molar-refractivity contribution in [3.05, 3.63) is 66.0 Å². The lowest BCUT2D eigenvalue weighted by Crippen LogP contribution is -2.06. The van der Waals surface area contributed by atoms with Gasteiger partial charge < -0.3 is 5.32 Å². The Balaban J connectivity index is 1.80. The van der Waals surface area contributed by atoms with Crippen LogP contribution in [0.3, 0.4) is 0 Å². The molecule has 0 atom stereocenters. The number of aryl methyl sites for hydroxylation is 1. The second-order valence-electron chi connectivity index (χ2n) is 4.55. The fourth-order valence-electron chi connectivity index (χ4n) is 1.96. The summed E-state index contributed by atoms with van der Waals surface area (Å²) < 4.78 is 0. The third-order valence-electron chi connectivity index (χ3n) is 2.90. The fraction of sp³-hybridized carbons (Fsp3) is 0.133. The lowest BCUT2D eigenvalue weighted by atomic mass is 10.2. The van der Waals surface area contributed by atoms with Gasteiger partial charge in [-0.25, -0.2) is 4.98 Å². The summed E-state index contributed by atoms with van der Waals surface area (Å²) in [5.74, 6) is 1.53. The van der Waals surface area contributed by atoms with Crippen molar-refractivity contribution < 1.29 is 0 Å². The van der Waals surface area contributed by atoms with Crippen LogP contribution in [-0.2, 0) is 6.54 Å². The van der Waals surface area contributed by atoms with Crippen LogP contribution in [0.2, 0.25) is 0 Å². The summed E-state index contributed by atoms with van der Waals surface area (Å²) in [4.78, 5) is 6.03. The molecule has 0 unspecified atom stereocenters.